The lowest BCUT2D eigenvalue weighted by molar-refractivity contribution is -0.179. The lowest BCUT2D eigenvalue weighted by atomic mass is 9.65. The van der Waals surface area contributed by atoms with Gasteiger partial charge in [0, 0.05) is 30.8 Å². The van der Waals surface area contributed by atoms with Crippen molar-refractivity contribution in [3.63, 3.8) is 0 Å². The molecule has 0 saturated carbocycles. The number of aliphatic hydroxyl groups excluding tert-OH is 1. The predicted molar refractivity (Wildman–Crippen MR) is 231 cm³/mol. The molecule has 3 saturated heterocycles. The van der Waals surface area contributed by atoms with Gasteiger partial charge in [0.15, 0.2) is 5.92 Å². The van der Waals surface area contributed by atoms with E-state index < -0.39 is 65.3 Å². The van der Waals surface area contributed by atoms with Crippen LogP contribution < -0.4 is 10.1 Å². The van der Waals surface area contributed by atoms with E-state index in [0.717, 1.165) is 43.2 Å². The monoisotopic (exact) mass is 853 g/mol. The van der Waals surface area contributed by atoms with E-state index in [9.17, 15) is 14.7 Å². The van der Waals surface area contributed by atoms with Gasteiger partial charge in [-0.3, -0.25) is 28.9 Å². The normalized spacial score (nSPS) is 24.2. The number of rotatable bonds is 10. The number of carbonyl (C=O) groups is 5. The number of nitrogens with zero attached hydrogens (tertiary/aromatic N) is 2. The molecule has 2 N–H and O–H groups in total. The average Bonchev–Trinajstić information content (AvgIpc) is 3.78. The number of cyclic esters (lactones) is 1. The van der Waals surface area contributed by atoms with Crippen molar-refractivity contribution in [2.45, 2.75) is 68.2 Å². The minimum Gasteiger partial charge on any atom is -0.491 e. The summed E-state index contributed by atoms with van der Waals surface area (Å²) in [6.07, 6.45) is 3.50. The maximum absolute atomic E-state index is 15.8. The van der Waals surface area contributed by atoms with Crippen molar-refractivity contribution in [1.29, 1.82) is 0 Å². The smallest absolute Gasteiger partial charge is 0.324 e. The van der Waals surface area contributed by atoms with Crippen LogP contribution in [0.4, 0.5) is 5.69 Å². The van der Waals surface area contributed by atoms with Gasteiger partial charge in [0.05, 0.1) is 38.8 Å². The Labute approximate surface area is 366 Å². The molecule has 0 bridgehead atoms. The van der Waals surface area contributed by atoms with Crippen LogP contribution in [-0.2, 0) is 43.6 Å². The summed E-state index contributed by atoms with van der Waals surface area (Å²) < 4.78 is 22.2. The van der Waals surface area contributed by atoms with E-state index in [2.05, 4.69) is 17.2 Å². The molecule has 8 rings (SSSR count). The number of esters is 3. The van der Waals surface area contributed by atoms with Crippen molar-refractivity contribution in [3.05, 3.63) is 131 Å². The molecular weight excluding hydrogens is 803 g/mol. The average molecular weight is 854 g/mol. The molecule has 4 aliphatic heterocycles. The summed E-state index contributed by atoms with van der Waals surface area (Å²) in [4.78, 5) is 75.5. The zero-order valence-corrected chi connectivity index (χ0v) is 35.4. The number of likely N-dealkylation sites (tertiary alicyclic amines) is 1. The molecular formula is C50H51N3O10. The summed E-state index contributed by atoms with van der Waals surface area (Å²) in [5.41, 5.74) is 1.81. The summed E-state index contributed by atoms with van der Waals surface area (Å²) in [5, 5.41) is 12.9. The molecule has 0 aliphatic carbocycles. The number of carbonyl (C=O) groups excluding carboxylic acids is 5. The van der Waals surface area contributed by atoms with Gasteiger partial charge in [-0.1, -0.05) is 104 Å². The lowest BCUT2D eigenvalue weighted by Crippen LogP contribution is -2.55. The summed E-state index contributed by atoms with van der Waals surface area (Å²) in [5.74, 6) is 0.947. The van der Waals surface area contributed by atoms with E-state index in [1.807, 2.05) is 82.6 Å². The fourth-order valence-electron chi connectivity index (χ4n) is 10.1. The number of nitrogens with one attached hydrogen (secondary N) is 1. The third-order valence-corrected chi connectivity index (χ3v) is 12.8. The molecule has 13 heteroatoms. The van der Waals surface area contributed by atoms with Crippen molar-refractivity contribution in [2.24, 2.45) is 11.8 Å². The number of anilines is 1. The molecule has 326 valence electrons. The minimum atomic E-state index is -1.75. The quantitative estimate of drug-likeness (QED) is 0.0856. The van der Waals surface area contributed by atoms with Gasteiger partial charge in [0.2, 0.25) is 11.8 Å². The predicted octanol–water partition coefficient (Wildman–Crippen LogP) is 5.83. The first kappa shape index (κ1) is 43.2. The second-order valence-electron chi connectivity index (χ2n) is 16.3. The van der Waals surface area contributed by atoms with Gasteiger partial charge >= 0.3 is 17.9 Å². The molecule has 63 heavy (non-hydrogen) atoms. The fraction of sp³-hybridized carbons (Fsp3) is 0.380. The number of morpholine rings is 1. The van der Waals surface area contributed by atoms with E-state index in [1.54, 1.807) is 30.3 Å². The molecule has 3 fully saturated rings. The first-order chi connectivity index (χ1) is 30.7. The number of methoxy groups -OCH3 is 2. The highest BCUT2D eigenvalue weighted by atomic mass is 16.6. The zero-order chi connectivity index (χ0) is 44.1. The zero-order valence-electron chi connectivity index (χ0n) is 35.4. The SMILES string of the molecule is COC(=O)C(CC#Cc1ccc2c(c1)[C@]1(C(=O)N2)[C@H](C(=O)N2CCCCCCC2)[C@H]2C(=O)O[C@H](c3ccccc3)[C@H](c3ccccc3)N2[C@@H]1c1cccc(OCCO)c1)C(=O)OC. The van der Waals surface area contributed by atoms with Gasteiger partial charge in [-0.05, 0) is 65.4 Å². The highest BCUT2D eigenvalue weighted by Crippen LogP contribution is 2.65. The topological polar surface area (TPSA) is 161 Å². The van der Waals surface area contributed by atoms with Crippen LogP contribution in [0.2, 0.25) is 0 Å². The van der Waals surface area contributed by atoms with Crippen LogP contribution in [0.15, 0.2) is 103 Å². The first-order valence-corrected chi connectivity index (χ1v) is 21.5. The van der Waals surface area contributed by atoms with Crippen LogP contribution in [0, 0.1) is 23.7 Å². The molecule has 1 spiro atoms. The van der Waals surface area contributed by atoms with Crippen molar-refractivity contribution < 1.29 is 48.0 Å². The number of hydrogen-bond acceptors (Lipinski definition) is 11. The van der Waals surface area contributed by atoms with Gasteiger partial charge in [0.1, 0.15) is 29.9 Å². The Morgan fingerprint density at radius 2 is 1.46 bits per heavy atom. The third kappa shape index (κ3) is 8.05. The van der Waals surface area contributed by atoms with Gasteiger partial charge < -0.3 is 34.3 Å². The van der Waals surface area contributed by atoms with Crippen LogP contribution in [-0.4, -0.2) is 91.2 Å². The number of ether oxygens (including phenoxy) is 4. The minimum absolute atomic E-state index is 0.0227. The molecule has 4 aromatic carbocycles. The Kier molecular flexibility index (Phi) is 12.9. The van der Waals surface area contributed by atoms with Crippen molar-refractivity contribution in [2.75, 3.05) is 45.8 Å². The molecule has 6 atom stereocenters. The van der Waals surface area contributed by atoms with E-state index in [1.165, 1.54) is 14.2 Å². The van der Waals surface area contributed by atoms with Crippen LogP contribution >= 0.6 is 0 Å². The maximum atomic E-state index is 15.8. The van der Waals surface area contributed by atoms with Gasteiger partial charge in [-0.2, -0.15) is 0 Å². The number of fused-ring (bicyclic) bond motifs is 3. The molecule has 0 radical (unpaired) electrons. The maximum Gasteiger partial charge on any atom is 0.324 e. The Hall–Kier alpha value is -6.49. The van der Waals surface area contributed by atoms with Crippen molar-refractivity contribution >= 4 is 35.4 Å². The Morgan fingerprint density at radius 3 is 2.13 bits per heavy atom. The number of hydrogen-bond donors (Lipinski definition) is 2. The highest BCUT2D eigenvalue weighted by molar-refractivity contribution is 6.12. The fourth-order valence-corrected chi connectivity index (χ4v) is 10.1. The summed E-state index contributed by atoms with van der Waals surface area (Å²) in [6.45, 7) is 0.741. The van der Waals surface area contributed by atoms with Crippen LogP contribution in [0.5, 0.6) is 5.75 Å². The molecule has 13 nitrogen and oxygen atoms in total. The van der Waals surface area contributed by atoms with Gasteiger partial charge in [-0.25, -0.2) is 0 Å². The van der Waals surface area contributed by atoms with E-state index in [-0.39, 0.29) is 25.5 Å². The van der Waals surface area contributed by atoms with Crippen LogP contribution in [0.25, 0.3) is 0 Å². The molecule has 2 amide bonds. The standard InChI is InChI=1S/C50H51N3O10/c1-60-46(56)37(47(57)61-2)23-14-16-32-24-25-39-38(30-32)50(49(59)51-39)40(45(55)52-26-12-4-3-5-13-27-52)42-48(58)63-43(34-19-10-7-11-20-34)41(33-17-8-6-9-18-33)53(42)44(50)35-21-15-22-36(31-35)62-29-28-54/h6-11,15,17-22,24-25,30-31,37,40-44,54H,3-5,12-13,23,26-29H2,1-2H3,(H,51,59)/t40-,41-,42-,43+,44+,50-/m0/s1. The molecule has 0 aromatic heterocycles. The van der Waals surface area contributed by atoms with Crippen LogP contribution in [0.1, 0.15) is 84.5 Å². The van der Waals surface area contributed by atoms with Gasteiger partial charge in [0.25, 0.3) is 0 Å². The number of benzene rings is 4. The Bertz CT molecular complexity index is 2390. The summed E-state index contributed by atoms with van der Waals surface area (Å²) in [7, 11) is 2.36. The Morgan fingerprint density at radius 1 is 0.810 bits per heavy atom. The molecule has 4 aromatic rings. The lowest BCUT2D eigenvalue weighted by Gasteiger charge is -2.46. The highest BCUT2D eigenvalue weighted by Gasteiger charge is 2.74. The molecule has 4 heterocycles. The Balaban J connectivity index is 1.39. The third-order valence-electron chi connectivity index (χ3n) is 12.8. The van der Waals surface area contributed by atoms with E-state index >= 15 is 14.4 Å². The van der Waals surface area contributed by atoms with Gasteiger partial charge in [-0.15, -0.1) is 0 Å². The first-order valence-electron chi connectivity index (χ1n) is 21.5. The summed E-state index contributed by atoms with van der Waals surface area (Å²) in [6, 6.07) is 28.8. The van der Waals surface area contributed by atoms with E-state index in [4.69, 9.17) is 18.9 Å². The molecule has 4 aliphatic rings. The van der Waals surface area contributed by atoms with E-state index in [0.29, 0.717) is 41.2 Å². The van der Waals surface area contributed by atoms with Crippen molar-refractivity contribution in [1.82, 2.24) is 9.80 Å². The van der Waals surface area contributed by atoms with Crippen LogP contribution in [0.3, 0.4) is 0 Å². The number of aliphatic hydroxyl groups is 1. The largest absolute Gasteiger partial charge is 0.491 e. The second kappa shape index (κ2) is 18.9. The van der Waals surface area contributed by atoms with Crippen molar-refractivity contribution in [3.8, 4) is 17.6 Å². The summed E-state index contributed by atoms with van der Waals surface area (Å²) >= 11 is 0. The molecule has 0 unspecified atom stereocenters. The second-order valence-corrected chi connectivity index (χ2v) is 16.3. The number of amides is 2.